The highest BCUT2D eigenvalue weighted by Gasteiger charge is 2.26. The molecule has 15 heavy (non-hydrogen) atoms. The van der Waals surface area contributed by atoms with Gasteiger partial charge in [0.2, 0.25) is 0 Å². The van der Waals surface area contributed by atoms with Gasteiger partial charge in [-0.1, -0.05) is 35.9 Å². The first-order valence-electron chi connectivity index (χ1n) is 5.22. The van der Waals surface area contributed by atoms with Crippen molar-refractivity contribution in [1.29, 1.82) is 0 Å². The smallest absolute Gasteiger partial charge is 0.184 e. The fourth-order valence-electron chi connectivity index (χ4n) is 1.73. The van der Waals surface area contributed by atoms with E-state index in [0.717, 1.165) is 17.6 Å². The van der Waals surface area contributed by atoms with Crippen LogP contribution in [0.3, 0.4) is 0 Å². The third-order valence-corrected chi connectivity index (χ3v) is 2.40. The van der Waals surface area contributed by atoms with Crippen LogP contribution in [0.2, 0.25) is 0 Å². The molecule has 1 aliphatic heterocycles. The molecule has 1 saturated heterocycles. The maximum absolute atomic E-state index is 5.78. The zero-order valence-corrected chi connectivity index (χ0v) is 8.98. The first-order chi connectivity index (χ1) is 7.25. The molecule has 80 valence electrons. The molecule has 0 bridgehead atoms. The van der Waals surface area contributed by atoms with Crippen molar-refractivity contribution in [3.8, 4) is 0 Å². The molecule has 1 fully saturated rings. The number of hydrogen-bond acceptors (Lipinski definition) is 2. The average Bonchev–Trinajstić information content (AvgIpc) is 2.67. The van der Waals surface area contributed by atoms with E-state index >= 15 is 0 Å². The molecule has 0 spiro atoms. The van der Waals surface area contributed by atoms with E-state index in [1.54, 1.807) is 0 Å². The largest absolute Gasteiger partial charge is 0.346 e. The molecule has 2 nitrogen and oxygen atoms in total. The van der Waals surface area contributed by atoms with Gasteiger partial charge in [0.05, 0.1) is 12.7 Å². The molecule has 2 heteroatoms. The third-order valence-electron chi connectivity index (χ3n) is 2.40. The summed E-state index contributed by atoms with van der Waals surface area (Å²) in [6.07, 6.45) is 0.840. The Bertz CT molecular complexity index is 332. The molecule has 0 saturated carbocycles. The van der Waals surface area contributed by atoms with Crippen molar-refractivity contribution in [3.63, 3.8) is 0 Å². The molecular formula is C13H16O2. The molecule has 0 amide bonds. The normalized spacial score (nSPS) is 25.4. The van der Waals surface area contributed by atoms with Crippen LogP contribution in [-0.4, -0.2) is 12.7 Å². The third kappa shape index (κ3) is 2.67. The molecule has 0 radical (unpaired) electrons. The lowest BCUT2D eigenvalue weighted by Crippen LogP contribution is -2.09. The van der Waals surface area contributed by atoms with Gasteiger partial charge in [0, 0.05) is 5.56 Å². The van der Waals surface area contributed by atoms with Crippen molar-refractivity contribution in [1.82, 2.24) is 0 Å². The van der Waals surface area contributed by atoms with Gasteiger partial charge in [0.25, 0.3) is 0 Å². The average molecular weight is 204 g/mol. The Morgan fingerprint density at radius 1 is 1.40 bits per heavy atom. The summed E-state index contributed by atoms with van der Waals surface area (Å²) < 4.78 is 11.4. The van der Waals surface area contributed by atoms with Crippen LogP contribution in [0.15, 0.2) is 42.5 Å². The van der Waals surface area contributed by atoms with Crippen LogP contribution >= 0.6 is 0 Å². The van der Waals surface area contributed by atoms with Crippen molar-refractivity contribution < 1.29 is 9.47 Å². The Kier molecular flexibility index (Phi) is 3.19. The Morgan fingerprint density at radius 2 is 2.13 bits per heavy atom. The topological polar surface area (TPSA) is 18.5 Å². The van der Waals surface area contributed by atoms with Gasteiger partial charge in [0.15, 0.2) is 6.29 Å². The predicted octanol–water partition coefficient (Wildman–Crippen LogP) is 3.07. The monoisotopic (exact) mass is 204 g/mol. The number of benzene rings is 1. The SMILES string of the molecule is C=C(C)C[C@H]1COC(c2ccccc2)O1. The molecule has 0 N–H and O–H groups in total. The molecule has 2 rings (SSSR count). The van der Waals surface area contributed by atoms with Gasteiger partial charge >= 0.3 is 0 Å². The van der Waals surface area contributed by atoms with E-state index in [1.165, 1.54) is 0 Å². The van der Waals surface area contributed by atoms with Crippen molar-refractivity contribution >= 4 is 0 Å². The summed E-state index contributed by atoms with van der Waals surface area (Å²) in [5, 5.41) is 0. The molecule has 0 aromatic heterocycles. The maximum Gasteiger partial charge on any atom is 0.184 e. The fraction of sp³-hybridized carbons (Fsp3) is 0.385. The summed E-state index contributed by atoms with van der Waals surface area (Å²) in [5.74, 6) is 0. The molecule has 1 aromatic rings. The first-order valence-corrected chi connectivity index (χ1v) is 5.22. The van der Waals surface area contributed by atoms with E-state index in [9.17, 15) is 0 Å². The van der Waals surface area contributed by atoms with Gasteiger partial charge in [-0.05, 0) is 13.3 Å². The highest BCUT2D eigenvalue weighted by molar-refractivity contribution is 5.16. The quantitative estimate of drug-likeness (QED) is 0.704. The van der Waals surface area contributed by atoms with Gasteiger partial charge in [0.1, 0.15) is 0 Å². The predicted molar refractivity (Wildman–Crippen MR) is 59.4 cm³/mol. The Labute approximate surface area is 90.5 Å². The summed E-state index contributed by atoms with van der Waals surface area (Å²) >= 11 is 0. The van der Waals surface area contributed by atoms with Gasteiger partial charge in [-0.15, -0.1) is 6.58 Å². The second-order valence-corrected chi connectivity index (χ2v) is 4.00. The molecule has 1 unspecified atom stereocenters. The van der Waals surface area contributed by atoms with Gasteiger partial charge in [-0.3, -0.25) is 0 Å². The van der Waals surface area contributed by atoms with Gasteiger partial charge in [-0.2, -0.15) is 0 Å². The van der Waals surface area contributed by atoms with Gasteiger partial charge in [-0.25, -0.2) is 0 Å². The van der Waals surface area contributed by atoms with Crippen molar-refractivity contribution in [2.24, 2.45) is 0 Å². The lowest BCUT2D eigenvalue weighted by atomic mass is 10.1. The number of hydrogen-bond donors (Lipinski definition) is 0. The minimum Gasteiger partial charge on any atom is -0.346 e. The van der Waals surface area contributed by atoms with E-state index in [4.69, 9.17) is 9.47 Å². The van der Waals surface area contributed by atoms with E-state index < -0.39 is 0 Å². The highest BCUT2D eigenvalue weighted by atomic mass is 16.7. The van der Waals surface area contributed by atoms with Crippen LogP contribution in [0.4, 0.5) is 0 Å². The molecule has 1 heterocycles. The Hall–Kier alpha value is -1.12. The lowest BCUT2D eigenvalue weighted by Gasteiger charge is -2.11. The van der Waals surface area contributed by atoms with Crippen molar-refractivity contribution in [3.05, 3.63) is 48.0 Å². The first kappa shape index (κ1) is 10.4. The van der Waals surface area contributed by atoms with E-state index in [-0.39, 0.29) is 12.4 Å². The molecule has 2 atom stereocenters. The van der Waals surface area contributed by atoms with Gasteiger partial charge < -0.3 is 9.47 Å². The zero-order valence-electron chi connectivity index (χ0n) is 8.98. The van der Waals surface area contributed by atoms with Crippen LogP contribution in [0.5, 0.6) is 0 Å². The maximum atomic E-state index is 5.78. The lowest BCUT2D eigenvalue weighted by molar-refractivity contribution is -0.0598. The van der Waals surface area contributed by atoms with Crippen LogP contribution in [0.1, 0.15) is 25.2 Å². The second-order valence-electron chi connectivity index (χ2n) is 4.00. The fourth-order valence-corrected chi connectivity index (χ4v) is 1.73. The Balaban J connectivity index is 1.96. The minimum absolute atomic E-state index is 0.160. The van der Waals surface area contributed by atoms with E-state index in [0.29, 0.717) is 6.61 Å². The van der Waals surface area contributed by atoms with Crippen LogP contribution in [-0.2, 0) is 9.47 Å². The molecule has 0 aliphatic carbocycles. The number of ether oxygens (including phenoxy) is 2. The molecule has 1 aromatic carbocycles. The van der Waals surface area contributed by atoms with Crippen LogP contribution in [0, 0.1) is 0 Å². The van der Waals surface area contributed by atoms with E-state index in [2.05, 4.69) is 6.58 Å². The molecule has 1 aliphatic rings. The van der Waals surface area contributed by atoms with Crippen LogP contribution in [0.25, 0.3) is 0 Å². The number of rotatable bonds is 3. The summed E-state index contributed by atoms with van der Waals surface area (Å²) in [6, 6.07) is 10.0. The van der Waals surface area contributed by atoms with Crippen molar-refractivity contribution in [2.45, 2.75) is 25.7 Å². The summed E-state index contributed by atoms with van der Waals surface area (Å²) in [6.45, 7) is 6.55. The summed E-state index contributed by atoms with van der Waals surface area (Å²) in [5.41, 5.74) is 2.22. The highest BCUT2D eigenvalue weighted by Crippen LogP contribution is 2.28. The zero-order chi connectivity index (χ0) is 10.7. The minimum atomic E-state index is -0.199. The second kappa shape index (κ2) is 4.60. The Morgan fingerprint density at radius 3 is 2.80 bits per heavy atom. The summed E-state index contributed by atoms with van der Waals surface area (Å²) in [4.78, 5) is 0. The molecular weight excluding hydrogens is 188 g/mol. The standard InChI is InChI=1S/C13H16O2/c1-10(2)8-12-9-14-13(15-12)11-6-4-3-5-7-11/h3-7,12-13H,1,8-9H2,2H3/t12-,13?/m0/s1. The van der Waals surface area contributed by atoms with E-state index in [1.807, 2.05) is 37.3 Å². The summed E-state index contributed by atoms with van der Waals surface area (Å²) in [7, 11) is 0. The van der Waals surface area contributed by atoms with Crippen LogP contribution < -0.4 is 0 Å². The van der Waals surface area contributed by atoms with Crippen molar-refractivity contribution in [2.75, 3.05) is 6.61 Å².